The van der Waals surface area contributed by atoms with Gasteiger partial charge in [0.05, 0.1) is 18.6 Å². The zero-order valence-corrected chi connectivity index (χ0v) is 15.1. The number of carbonyl (C=O) groups is 2. The molecule has 0 bridgehead atoms. The molecule has 6 heteroatoms. The molecule has 1 aromatic carbocycles. The van der Waals surface area contributed by atoms with E-state index in [4.69, 9.17) is 13.9 Å². The predicted molar refractivity (Wildman–Crippen MR) is 95.9 cm³/mol. The highest BCUT2D eigenvalue weighted by Gasteiger charge is 2.43. The Labute approximate surface area is 151 Å². The molecule has 2 aromatic rings. The maximum Gasteiger partial charge on any atom is 0.287 e. The van der Waals surface area contributed by atoms with Crippen LogP contribution in [0.5, 0.6) is 5.75 Å². The first kappa shape index (κ1) is 17.1. The summed E-state index contributed by atoms with van der Waals surface area (Å²) in [5.74, 6) is 0.624. The Hall–Kier alpha value is -2.34. The number of ketones is 1. The SMILES string of the molecule is COCCNC(=O)c1oc2ccc3c(c2c1C)C(=O)CC1(CCCC1)O3. The van der Waals surface area contributed by atoms with Crippen LogP contribution in [0.1, 0.15) is 58.6 Å². The van der Waals surface area contributed by atoms with E-state index in [1.165, 1.54) is 0 Å². The Kier molecular flexibility index (Phi) is 4.23. The summed E-state index contributed by atoms with van der Waals surface area (Å²) in [6, 6.07) is 3.58. The molecule has 26 heavy (non-hydrogen) atoms. The molecule has 1 amide bonds. The molecule has 138 valence electrons. The number of methoxy groups -OCH3 is 1. The van der Waals surface area contributed by atoms with Gasteiger partial charge in [0.2, 0.25) is 0 Å². The second-order valence-electron chi connectivity index (χ2n) is 7.21. The van der Waals surface area contributed by atoms with Gasteiger partial charge >= 0.3 is 0 Å². The highest BCUT2D eigenvalue weighted by Crippen LogP contribution is 2.46. The lowest BCUT2D eigenvalue weighted by Gasteiger charge is -2.34. The Morgan fingerprint density at radius 1 is 1.31 bits per heavy atom. The standard InChI is InChI=1S/C20H23NO5/c1-12-16-14(25-18(12)19(23)21-9-10-24-2)5-6-15-17(16)13(22)11-20(26-15)7-3-4-8-20/h5-6H,3-4,7-11H2,1-2H3,(H,21,23). The highest BCUT2D eigenvalue weighted by atomic mass is 16.5. The van der Waals surface area contributed by atoms with E-state index in [2.05, 4.69) is 5.32 Å². The van der Waals surface area contributed by atoms with Crippen LogP contribution in [0.4, 0.5) is 0 Å². The lowest BCUT2D eigenvalue weighted by molar-refractivity contribution is 0.0454. The number of hydrogen-bond donors (Lipinski definition) is 1. The van der Waals surface area contributed by atoms with Crippen LogP contribution in [0, 0.1) is 6.92 Å². The zero-order chi connectivity index (χ0) is 18.3. The number of amides is 1. The van der Waals surface area contributed by atoms with Crippen molar-refractivity contribution in [2.75, 3.05) is 20.3 Å². The van der Waals surface area contributed by atoms with Crippen LogP contribution in [-0.2, 0) is 4.74 Å². The van der Waals surface area contributed by atoms with Crippen LogP contribution < -0.4 is 10.1 Å². The molecule has 2 aliphatic rings. The molecule has 0 saturated heterocycles. The van der Waals surface area contributed by atoms with E-state index in [0.717, 1.165) is 25.7 Å². The predicted octanol–water partition coefficient (Wildman–Crippen LogP) is 3.40. The molecule has 0 unspecified atom stereocenters. The fourth-order valence-electron chi connectivity index (χ4n) is 4.20. The number of benzene rings is 1. The number of rotatable bonds is 4. The summed E-state index contributed by atoms with van der Waals surface area (Å²) >= 11 is 0. The third kappa shape index (κ3) is 2.69. The smallest absolute Gasteiger partial charge is 0.287 e. The van der Waals surface area contributed by atoms with E-state index in [1.807, 2.05) is 6.92 Å². The van der Waals surface area contributed by atoms with Gasteiger partial charge in [0, 0.05) is 24.6 Å². The highest BCUT2D eigenvalue weighted by molar-refractivity contribution is 6.13. The largest absolute Gasteiger partial charge is 0.486 e. The summed E-state index contributed by atoms with van der Waals surface area (Å²) in [5, 5.41) is 3.45. The summed E-state index contributed by atoms with van der Waals surface area (Å²) in [6.45, 7) is 2.63. The van der Waals surface area contributed by atoms with Gasteiger partial charge in [-0.15, -0.1) is 0 Å². The Morgan fingerprint density at radius 3 is 2.81 bits per heavy atom. The average Bonchev–Trinajstić information content (AvgIpc) is 3.19. The molecule has 4 rings (SSSR count). The minimum atomic E-state index is -0.338. The fourth-order valence-corrected chi connectivity index (χ4v) is 4.20. The maximum atomic E-state index is 13.0. The number of furan rings is 1. The molecule has 2 heterocycles. The van der Waals surface area contributed by atoms with Crippen LogP contribution in [-0.4, -0.2) is 37.6 Å². The first-order valence-corrected chi connectivity index (χ1v) is 9.10. The quantitative estimate of drug-likeness (QED) is 0.849. The Morgan fingerprint density at radius 2 is 2.08 bits per heavy atom. The molecule has 1 aliphatic carbocycles. The van der Waals surface area contributed by atoms with Crippen molar-refractivity contribution >= 4 is 22.7 Å². The second kappa shape index (κ2) is 6.43. The molecule has 1 N–H and O–H groups in total. The summed E-state index contributed by atoms with van der Waals surface area (Å²) in [5.41, 5.74) is 1.43. The van der Waals surface area contributed by atoms with Crippen molar-refractivity contribution in [2.24, 2.45) is 0 Å². The van der Waals surface area contributed by atoms with Gasteiger partial charge in [0.25, 0.3) is 5.91 Å². The topological polar surface area (TPSA) is 77.8 Å². The summed E-state index contributed by atoms with van der Waals surface area (Å²) < 4.78 is 17.0. The minimum absolute atomic E-state index is 0.0778. The van der Waals surface area contributed by atoms with Crippen molar-refractivity contribution in [2.45, 2.75) is 44.6 Å². The molecule has 1 fully saturated rings. The molecule has 0 radical (unpaired) electrons. The number of Topliss-reactive ketones (excluding diaryl/α,β-unsaturated/α-hetero) is 1. The van der Waals surface area contributed by atoms with E-state index < -0.39 is 0 Å². The fraction of sp³-hybridized carbons (Fsp3) is 0.500. The van der Waals surface area contributed by atoms with Gasteiger partial charge in [-0.05, 0) is 44.7 Å². The summed E-state index contributed by atoms with van der Waals surface area (Å²) in [6.07, 6.45) is 4.45. The summed E-state index contributed by atoms with van der Waals surface area (Å²) in [4.78, 5) is 25.4. The van der Waals surface area contributed by atoms with E-state index in [0.29, 0.717) is 47.4 Å². The third-order valence-corrected chi connectivity index (χ3v) is 5.46. The monoisotopic (exact) mass is 357 g/mol. The van der Waals surface area contributed by atoms with Gasteiger partial charge in [-0.3, -0.25) is 9.59 Å². The number of fused-ring (bicyclic) bond motifs is 3. The van der Waals surface area contributed by atoms with Gasteiger partial charge in [-0.1, -0.05) is 0 Å². The van der Waals surface area contributed by atoms with E-state index in [1.54, 1.807) is 19.2 Å². The molecule has 1 aromatic heterocycles. The average molecular weight is 357 g/mol. The van der Waals surface area contributed by atoms with Crippen LogP contribution >= 0.6 is 0 Å². The van der Waals surface area contributed by atoms with Gasteiger partial charge < -0.3 is 19.2 Å². The van der Waals surface area contributed by atoms with Crippen molar-refractivity contribution in [1.82, 2.24) is 5.32 Å². The van der Waals surface area contributed by atoms with Crippen LogP contribution in [0.25, 0.3) is 11.0 Å². The van der Waals surface area contributed by atoms with Crippen molar-refractivity contribution in [3.8, 4) is 5.75 Å². The Bertz CT molecular complexity index is 876. The van der Waals surface area contributed by atoms with Crippen molar-refractivity contribution < 1.29 is 23.5 Å². The van der Waals surface area contributed by atoms with Crippen molar-refractivity contribution in [3.05, 3.63) is 29.0 Å². The second-order valence-corrected chi connectivity index (χ2v) is 7.21. The number of ether oxygens (including phenoxy) is 2. The van der Waals surface area contributed by atoms with Gasteiger partial charge in [-0.25, -0.2) is 0 Å². The molecular weight excluding hydrogens is 334 g/mol. The lowest BCUT2D eigenvalue weighted by Crippen LogP contribution is -2.39. The molecule has 1 saturated carbocycles. The normalized spacial score (nSPS) is 18.2. The van der Waals surface area contributed by atoms with Gasteiger partial charge in [0.15, 0.2) is 11.5 Å². The number of nitrogens with one attached hydrogen (secondary N) is 1. The Balaban J connectivity index is 1.74. The first-order valence-electron chi connectivity index (χ1n) is 9.10. The van der Waals surface area contributed by atoms with Crippen LogP contribution in [0.15, 0.2) is 16.5 Å². The third-order valence-electron chi connectivity index (χ3n) is 5.46. The van der Waals surface area contributed by atoms with Gasteiger partial charge in [0.1, 0.15) is 16.9 Å². The van der Waals surface area contributed by atoms with E-state index in [9.17, 15) is 9.59 Å². The zero-order valence-electron chi connectivity index (χ0n) is 15.1. The minimum Gasteiger partial charge on any atom is -0.486 e. The number of aryl methyl sites for hydroxylation is 1. The summed E-state index contributed by atoms with van der Waals surface area (Å²) in [7, 11) is 1.58. The lowest BCUT2D eigenvalue weighted by atomic mass is 9.87. The molecular formula is C20H23NO5. The van der Waals surface area contributed by atoms with E-state index >= 15 is 0 Å². The number of carbonyl (C=O) groups excluding carboxylic acids is 2. The van der Waals surface area contributed by atoms with Crippen LogP contribution in [0.2, 0.25) is 0 Å². The van der Waals surface area contributed by atoms with E-state index in [-0.39, 0.29) is 23.1 Å². The maximum absolute atomic E-state index is 13.0. The molecule has 1 spiro atoms. The van der Waals surface area contributed by atoms with Crippen LogP contribution in [0.3, 0.4) is 0 Å². The van der Waals surface area contributed by atoms with Gasteiger partial charge in [-0.2, -0.15) is 0 Å². The molecule has 6 nitrogen and oxygen atoms in total. The number of hydrogen-bond acceptors (Lipinski definition) is 5. The first-order chi connectivity index (χ1) is 12.5. The van der Waals surface area contributed by atoms with Crippen molar-refractivity contribution in [3.63, 3.8) is 0 Å². The van der Waals surface area contributed by atoms with Crippen molar-refractivity contribution in [1.29, 1.82) is 0 Å². The molecule has 0 atom stereocenters. The molecule has 1 aliphatic heterocycles.